The average molecular weight is 185 g/mol. The van der Waals surface area contributed by atoms with Crippen LogP contribution in [0.15, 0.2) is 0 Å². The molecule has 0 spiro atoms. The van der Waals surface area contributed by atoms with Crippen molar-refractivity contribution in [2.45, 2.75) is 51.0 Å². The van der Waals surface area contributed by atoms with Crippen LogP contribution in [-0.2, 0) is 9.47 Å². The summed E-state index contributed by atoms with van der Waals surface area (Å²) < 4.78 is 11.0. The maximum atomic E-state index is 5.51. The molecule has 76 valence electrons. The number of hydrogen-bond donors (Lipinski definition) is 1. The Bertz CT molecular complexity index is 156. The second-order valence-electron chi connectivity index (χ2n) is 4.11. The van der Waals surface area contributed by atoms with Gasteiger partial charge in [-0.15, -0.1) is 0 Å². The zero-order valence-corrected chi connectivity index (χ0v) is 8.45. The highest BCUT2D eigenvalue weighted by molar-refractivity contribution is 4.87. The highest BCUT2D eigenvalue weighted by atomic mass is 16.5. The molecule has 2 aliphatic rings. The van der Waals surface area contributed by atoms with Gasteiger partial charge in [0.2, 0.25) is 0 Å². The van der Waals surface area contributed by atoms with E-state index in [2.05, 4.69) is 19.2 Å². The first kappa shape index (κ1) is 9.44. The largest absolute Gasteiger partial charge is 0.377 e. The van der Waals surface area contributed by atoms with Gasteiger partial charge in [0.05, 0.1) is 12.2 Å². The SMILES string of the molecule is CC1OCCC1NC1CCOC1C. The highest BCUT2D eigenvalue weighted by Gasteiger charge is 2.31. The molecule has 2 heterocycles. The van der Waals surface area contributed by atoms with Crippen molar-refractivity contribution in [3.05, 3.63) is 0 Å². The highest BCUT2D eigenvalue weighted by Crippen LogP contribution is 2.18. The summed E-state index contributed by atoms with van der Waals surface area (Å²) in [7, 11) is 0. The van der Waals surface area contributed by atoms with Crippen LogP contribution in [0.4, 0.5) is 0 Å². The van der Waals surface area contributed by atoms with Gasteiger partial charge >= 0.3 is 0 Å². The van der Waals surface area contributed by atoms with Crippen molar-refractivity contribution in [1.29, 1.82) is 0 Å². The summed E-state index contributed by atoms with van der Waals surface area (Å²) in [6, 6.07) is 1.07. The molecule has 3 heteroatoms. The number of hydrogen-bond acceptors (Lipinski definition) is 3. The second kappa shape index (κ2) is 3.95. The molecule has 0 amide bonds. The number of nitrogens with one attached hydrogen (secondary N) is 1. The molecule has 2 saturated heterocycles. The average Bonchev–Trinajstić information content (AvgIpc) is 2.65. The summed E-state index contributed by atoms with van der Waals surface area (Å²) in [5.74, 6) is 0. The maximum absolute atomic E-state index is 5.51. The van der Waals surface area contributed by atoms with Crippen molar-refractivity contribution in [1.82, 2.24) is 5.32 Å². The number of ether oxygens (including phenoxy) is 2. The van der Waals surface area contributed by atoms with E-state index in [0.29, 0.717) is 24.3 Å². The van der Waals surface area contributed by atoms with Crippen LogP contribution in [0.1, 0.15) is 26.7 Å². The third kappa shape index (κ3) is 2.03. The van der Waals surface area contributed by atoms with E-state index in [1.807, 2.05) is 0 Å². The molecule has 0 saturated carbocycles. The van der Waals surface area contributed by atoms with Crippen LogP contribution in [-0.4, -0.2) is 37.5 Å². The Kier molecular flexibility index (Phi) is 2.86. The molecule has 2 rings (SSSR count). The second-order valence-corrected chi connectivity index (χ2v) is 4.11. The Morgan fingerprint density at radius 2 is 1.38 bits per heavy atom. The Morgan fingerprint density at radius 3 is 1.69 bits per heavy atom. The van der Waals surface area contributed by atoms with Gasteiger partial charge in [-0.2, -0.15) is 0 Å². The van der Waals surface area contributed by atoms with Gasteiger partial charge in [0, 0.05) is 25.3 Å². The summed E-state index contributed by atoms with van der Waals surface area (Å²) >= 11 is 0. The predicted molar refractivity (Wildman–Crippen MR) is 50.8 cm³/mol. The van der Waals surface area contributed by atoms with Gasteiger partial charge in [0.25, 0.3) is 0 Å². The van der Waals surface area contributed by atoms with Gasteiger partial charge < -0.3 is 14.8 Å². The molecule has 0 bridgehead atoms. The third-order valence-corrected chi connectivity index (χ3v) is 3.18. The van der Waals surface area contributed by atoms with Crippen LogP contribution < -0.4 is 5.32 Å². The zero-order chi connectivity index (χ0) is 9.26. The van der Waals surface area contributed by atoms with E-state index in [-0.39, 0.29) is 0 Å². The number of rotatable bonds is 2. The lowest BCUT2D eigenvalue weighted by atomic mass is 10.1. The van der Waals surface area contributed by atoms with Crippen molar-refractivity contribution in [2.24, 2.45) is 0 Å². The Hall–Kier alpha value is -0.120. The molecule has 4 unspecified atom stereocenters. The lowest BCUT2D eigenvalue weighted by molar-refractivity contribution is 0.0946. The molecule has 0 aliphatic carbocycles. The van der Waals surface area contributed by atoms with Crippen LogP contribution in [0.5, 0.6) is 0 Å². The Balaban J connectivity index is 1.82. The van der Waals surface area contributed by atoms with Gasteiger partial charge in [0.15, 0.2) is 0 Å². The van der Waals surface area contributed by atoms with Gasteiger partial charge in [-0.05, 0) is 26.7 Å². The quantitative estimate of drug-likeness (QED) is 0.694. The van der Waals surface area contributed by atoms with Crippen molar-refractivity contribution < 1.29 is 9.47 Å². The molecule has 3 nitrogen and oxygen atoms in total. The normalized spacial score (nSPS) is 45.7. The van der Waals surface area contributed by atoms with Gasteiger partial charge in [0.1, 0.15) is 0 Å². The summed E-state index contributed by atoms with van der Waals surface area (Å²) in [5.41, 5.74) is 0. The van der Waals surface area contributed by atoms with Crippen LogP contribution in [0.2, 0.25) is 0 Å². The molecule has 1 N–H and O–H groups in total. The molecule has 0 aromatic carbocycles. The third-order valence-electron chi connectivity index (χ3n) is 3.18. The first-order valence-electron chi connectivity index (χ1n) is 5.26. The van der Waals surface area contributed by atoms with Gasteiger partial charge in [-0.25, -0.2) is 0 Å². The van der Waals surface area contributed by atoms with Crippen LogP contribution in [0.3, 0.4) is 0 Å². The molecule has 0 aromatic heterocycles. The van der Waals surface area contributed by atoms with Crippen LogP contribution in [0, 0.1) is 0 Å². The van der Waals surface area contributed by atoms with E-state index in [0.717, 1.165) is 26.1 Å². The minimum Gasteiger partial charge on any atom is -0.377 e. The fraction of sp³-hybridized carbons (Fsp3) is 1.00. The van der Waals surface area contributed by atoms with Gasteiger partial charge in [-0.1, -0.05) is 0 Å². The minimum atomic E-state index is 0.368. The monoisotopic (exact) mass is 185 g/mol. The molecular weight excluding hydrogens is 166 g/mol. The van der Waals surface area contributed by atoms with Crippen LogP contribution in [0.25, 0.3) is 0 Å². The van der Waals surface area contributed by atoms with Crippen molar-refractivity contribution >= 4 is 0 Å². The van der Waals surface area contributed by atoms with Crippen molar-refractivity contribution in [3.8, 4) is 0 Å². The fourth-order valence-corrected chi connectivity index (χ4v) is 2.18. The van der Waals surface area contributed by atoms with Crippen molar-refractivity contribution in [2.75, 3.05) is 13.2 Å². The Labute approximate surface area is 79.8 Å². The van der Waals surface area contributed by atoms with E-state index in [1.54, 1.807) is 0 Å². The smallest absolute Gasteiger partial charge is 0.0700 e. The molecular formula is C10H19NO2. The molecule has 0 aromatic rings. The summed E-state index contributed by atoms with van der Waals surface area (Å²) in [4.78, 5) is 0. The zero-order valence-electron chi connectivity index (χ0n) is 8.45. The first-order chi connectivity index (χ1) is 6.27. The van der Waals surface area contributed by atoms with E-state index in [1.165, 1.54) is 0 Å². The lowest BCUT2D eigenvalue weighted by Gasteiger charge is -2.23. The first-order valence-corrected chi connectivity index (χ1v) is 5.26. The Morgan fingerprint density at radius 1 is 0.923 bits per heavy atom. The van der Waals surface area contributed by atoms with E-state index >= 15 is 0 Å². The molecule has 13 heavy (non-hydrogen) atoms. The summed E-state index contributed by atoms with van der Waals surface area (Å²) in [6.45, 7) is 6.10. The standard InChI is InChI=1S/C10H19NO2/c1-7-9(3-5-12-7)11-10-4-6-13-8(10)2/h7-11H,3-6H2,1-2H3. The molecule has 2 fully saturated rings. The minimum absolute atomic E-state index is 0.368. The molecule has 4 atom stereocenters. The van der Waals surface area contributed by atoms with Crippen LogP contribution >= 0.6 is 0 Å². The topological polar surface area (TPSA) is 30.5 Å². The maximum Gasteiger partial charge on any atom is 0.0700 e. The van der Waals surface area contributed by atoms with E-state index in [4.69, 9.17) is 9.47 Å². The van der Waals surface area contributed by atoms with Crippen molar-refractivity contribution in [3.63, 3.8) is 0 Å². The van der Waals surface area contributed by atoms with E-state index in [9.17, 15) is 0 Å². The predicted octanol–water partition coefficient (Wildman–Crippen LogP) is 0.931. The summed E-state index contributed by atoms with van der Waals surface area (Å²) in [6.07, 6.45) is 3.02. The van der Waals surface area contributed by atoms with Gasteiger partial charge in [-0.3, -0.25) is 0 Å². The molecule has 2 aliphatic heterocycles. The molecule has 0 radical (unpaired) electrons. The summed E-state index contributed by atoms with van der Waals surface area (Å²) in [5, 5.41) is 3.63. The lowest BCUT2D eigenvalue weighted by Crippen LogP contribution is -2.45. The van der Waals surface area contributed by atoms with E-state index < -0.39 is 0 Å². The fourth-order valence-electron chi connectivity index (χ4n) is 2.18.